The van der Waals surface area contributed by atoms with Crippen LogP contribution in [0.25, 0.3) is 0 Å². The molecule has 0 heterocycles. The molecule has 2 nitrogen and oxygen atoms in total. The second-order valence-electron chi connectivity index (χ2n) is 3.59. The predicted octanol–water partition coefficient (Wildman–Crippen LogP) is 3.29. The number of hydrogen-bond acceptors (Lipinski definition) is 2. The van der Waals surface area contributed by atoms with Gasteiger partial charge < -0.3 is 4.74 Å². The molecule has 0 aliphatic rings. The molecule has 0 aliphatic carbocycles. The van der Waals surface area contributed by atoms with E-state index in [0.29, 0.717) is 0 Å². The molecule has 0 spiro atoms. The third-order valence-corrected chi connectivity index (χ3v) is 3.16. The Kier molecular flexibility index (Phi) is 7.28. The lowest BCUT2D eigenvalue weighted by atomic mass is 10.2. The first-order chi connectivity index (χ1) is 7.76. The van der Waals surface area contributed by atoms with E-state index in [1.165, 1.54) is 5.56 Å². The lowest BCUT2D eigenvalue weighted by molar-refractivity contribution is 0.148. The van der Waals surface area contributed by atoms with E-state index in [-0.39, 0.29) is 0 Å². The fourth-order valence-electron chi connectivity index (χ4n) is 1.50. The molecule has 0 amide bonds. The molecule has 16 heavy (non-hydrogen) atoms. The lowest BCUT2D eigenvalue weighted by Gasteiger charge is -2.21. The van der Waals surface area contributed by atoms with E-state index in [9.17, 15) is 0 Å². The van der Waals surface area contributed by atoms with Crippen LogP contribution in [0, 0.1) is 0 Å². The van der Waals surface area contributed by atoms with Crippen LogP contribution >= 0.6 is 31.9 Å². The number of hydrogen-bond donors (Lipinski definition) is 0. The Morgan fingerprint density at radius 2 is 2.12 bits per heavy atom. The molecule has 0 fully saturated rings. The SMILES string of the molecule is COCCN(CCBr)Cc1cccc(Br)c1. The summed E-state index contributed by atoms with van der Waals surface area (Å²) in [6.07, 6.45) is 0. The van der Waals surface area contributed by atoms with E-state index >= 15 is 0 Å². The van der Waals surface area contributed by atoms with Crippen molar-refractivity contribution < 1.29 is 4.74 Å². The molecule has 0 aliphatic heterocycles. The molecule has 0 unspecified atom stereocenters. The number of rotatable bonds is 7. The maximum atomic E-state index is 5.11. The van der Waals surface area contributed by atoms with Crippen LogP contribution < -0.4 is 0 Å². The van der Waals surface area contributed by atoms with E-state index in [1.54, 1.807) is 7.11 Å². The van der Waals surface area contributed by atoms with Gasteiger partial charge in [-0.3, -0.25) is 4.90 Å². The van der Waals surface area contributed by atoms with E-state index in [4.69, 9.17) is 4.74 Å². The summed E-state index contributed by atoms with van der Waals surface area (Å²) in [7, 11) is 1.74. The summed E-state index contributed by atoms with van der Waals surface area (Å²) in [6, 6.07) is 8.43. The Bertz CT molecular complexity index is 307. The third-order valence-electron chi connectivity index (χ3n) is 2.31. The van der Waals surface area contributed by atoms with Gasteiger partial charge in [0.2, 0.25) is 0 Å². The van der Waals surface area contributed by atoms with Gasteiger partial charge in [-0.15, -0.1) is 0 Å². The molecular formula is C12H17Br2NO. The maximum absolute atomic E-state index is 5.11. The highest BCUT2D eigenvalue weighted by Crippen LogP contribution is 2.13. The van der Waals surface area contributed by atoms with E-state index in [1.807, 2.05) is 6.07 Å². The summed E-state index contributed by atoms with van der Waals surface area (Å²) in [6.45, 7) is 3.75. The van der Waals surface area contributed by atoms with Crippen LogP contribution in [0.3, 0.4) is 0 Å². The minimum absolute atomic E-state index is 0.779. The highest BCUT2D eigenvalue weighted by molar-refractivity contribution is 9.10. The molecule has 4 heteroatoms. The molecule has 1 aromatic rings. The first-order valence-electron chi connectivity index (χ1n) is 5.28. The average Bonchev–Trinajstić information content (AvgIpc) is 2.26. The minimum Gasteiger partial charge on any atom is -0.383 e. The van der Waals surface area contributed by atoms with Crippen molar-refractivity contribution in [1.29, 1.82) is 0 Å². The molecule has 0 saturated heterocycles. The van der Waals surface area contributed by atoms with Crippen molar-refractivity contribution in [2.24, 2.45) is 0 Å². The fourth-order valence-corrected chi connectivity index (χ4v) is 2.45. The lowest BCUT2D eigenvalue weighted by Crippen LogP contribution is -2.28. The molecule has 90 valence electrons. The zero-order valence-corrected chi connectivity index (χ0v) is 12.6. The summed E-state index contributed by atoms with van der Waals surface area (Å²) < 4.78 is 6.25. The van der Waals surface area contributed by atoms with Crippen molar-refractivity contribution in [3.05, 3.63) is 34.3 Å². The van der Waals surface area contributed by atoms with Gasteiger partial charge in [0.25, 0.3) is 0 Å². The monoisotopic (exact) mass is 349 g/mol. The highest BCUT2D eigenvalue weighted by Gasteiger charge is 2.05. The van der Waals surface area contributed by atoms with Crippen molar-refractivity contribution in [3.63, 3.8) is 0 Å². The van der Waals surface area contributed by atoms with Gasteiger partial charge in [0.05, 0.1) is 6.61 Å². The normalized spacial score (nSPS) is 11.0. The fraction of sp³-hybridized carbons (Fsp3) is 0.500. The van der Waals surface area contributed by atoms with Crippen molar-refractivity contribution in [2.75, 3.05) is 32.1 Å². The Hall–Kier alpha value is 0.1000. The molecule has 1 rings (SSSR count). The number of methoxy groups -OCH3 is 1. The smallest absolute Gasteiger partial charge is 0.0589 e. The van der Waals surface area contributed by atoms with Crippen LogP contribution in [-0.2, 0) is 11.3 Å². The maximum Gasteiger partial charge on any atom is 0.0589 e. The predicted molar refractivity (Wildman–Crippen MR) is 75.1 cm³/mol. The second-order valence-corrected chi connectivity index (χ2v) is 5.30. The van der Waals surface area contributed by atoms with Crippen molar-refractivity contribution in [1.82, 2.24) is 4.90 Å². The highest BCUT2D eigenvalue weighted by atomic mass is 79.9. The summed E-state index contributed by atoms with van der Waals surface area (Å²) in [5, 5.41) is 0.991. The van der Waals surface area contributed by atoms with Gasteiger partial charge in [-0.1, -0.05) is 44.0 Å². The average molecular weight is 351 g/mol. The van der Waals surface area contributed by atoms with Gasteiger partial charge >= 0.3 is 0 Å². The molecule has 0 atom stereocenters. The molecule has 1 aromatic carbocycles. The van der Waals surface area contributed by atoms with Crippen LogP contribution in [0.2, 0.25) is 0 Å². The molecule has 0 N–H and O–H groups in total. The summed E-state index contributed by atoms with van der Waals surface area (Å²) in [4.78, 5) is 2.38. The van der Waals surface area contributed by atoms with Crippen molar-refractivity contribution in [3.8, 4) is 0 Å². The Labute approximate surface area is 114 Å². The van der Waals surface area contributed by atoms with Crippen LogP contribution in [0.1, 0.15) is 5.56 Å². The second kappa shape index (κ2) is 8.23. The molecular weight excluding hydrogens is 334 g/mol. The summed E-state index contributed by atoms with van der Waals surface area (Å²) in [5.74, 6) is 0. The van der Waals surface area contributed by atoms with Crippen LogP contribution in [0.15, 0.2) is 28.7 Å². The van der Waals surface area contributed by atoms with Gasteiger partial charge in [0.1, 0.15) is 0 Å². The van der Waals surface area contributed by atoms with Crippen molar-refractivity contribution >= 4 is 31.9 Å². The van der Waals surface area contributed by atoms with E-state index in [0.717, 1.165) is 36.0 Å². The number of alkyl halides is 1. The van der Waals surface area contributed by atoms with Gasteiger partial charge in [0, 0.05) is 36.5 Å². The molecule has 0 bridgehead atoms. The zero-order valence-electron chi connectivity index (χ0n) is 9.46. The third kappa shape index (κ3) is 5.43. The Morgan fingerprint density at radius 3 is 2.75 bits per heavy atom. The van der Waals surface area contributed by atoms with Gasteiger partial charge in [-0.2, -0.15) is 0 Å². The number of nitrogens with zero attached hydrogens (tertiary/aromatic N) is 1. The van der Waals surface area contributed by atoms with Crippen LogP contribution in [-0.4, -0.2) is 37.0 Å². The number of benzene rings is 1. The Balaban J connectivity index is 2.52. The van der Waals surface area contributed by atoms with E-state index in [2.05, 4.69) is 55.0 Å². The quantitative estimate of drug-likeness (QED) is 0.699. The standard InChI is InChI=1S/C12H17Br2NO/c1-16-8-7-15(6-5-13)10-11-3-2-4-12(14)9-11/h2-4,9H,5-8,10H2,1H3. The largest absolute Gasteiger partial charge is 0.383 e. The van der Waals surface area contributed by atoms with Gasteiger partial charge in [-0.05, 0) is 17.7 Å². The zero-order chi connectivity index (χ0) is 11.8. The van der Waals surface area contributed by atoms with Crippen molar-refractivity contribution in [2.45, 2.75) is 6.54 Å². The first-order valence-corrected chi connectivity index (χ1v) is 7.19. The summed E-state index contributed by atoms with van der Waals surface area (Å²) >= 11 is 6.97. The van der Waals surface area contributed by atoms with Crippen LogP contribution in [0.4, 0.5) is 0 Å². The van der Waals surface area contributed by atoms with Gasteiger partial charge in [-0.25, -0.2) is 0 Å². The molecule has 0 aromatic heterocycles. The van der Waals surface area contributed by atoms with Crippen LogP contribution in [0.5, 0.6) is 0 Å². The van der Waals surface area contributed by atoms with Gasteiger partial charge in [0.15, 0.2) is 0 Å². The van der Waals surface area contributed by atoms with E-state index < -0.39 is 0 Å². The minimum atomic E-state index is 0.779. The number of ether oxygens (including phenoxy) is 1. The topological polar surface area (TPSA) is 12.5 Å². The molecule has 0 radical (unpaired) electrons. The molecule has 0 saturated carbocycles. The Morgan fingerprint density at radius 1 is 1.31 bits per heavy atom. The number of halogens is 2. The summed E-state index contributed by atoms with van der Waals surface area (Å²) in [5.41, 5.74) is 1.33. The first kappa shape index (κ1) is 14.2.